The lowest BCUT2D eigenvalue weighted by Gasteiger charge is -2.27. The summed E-state index contributed by atoms with van der Waals surface area (Å²) in [6.45, 7) is 6.05. The highest BCUT2D eigenvalue weighted by molar-refractivity contribution is 6.03. The van der Waals surface area contributed by atoms with Crippen molar-refractivity contribution in [1.29, 1.82) is 0 Å². The number of aryl methyl sites for hydroxylation is 1. The van der Waals surface area contributed by atoms with Gasteiger partial charge in [-0.1, -0.05) is 38.1 Å². The molecule has 6 nitrogen and oxygen atoms in total. The summed E-state index contributed by atoms with van der Waals surface area (Å²) in [6, 6.07) is 15.5. The van der Waals surface area contributed by atoms with Crippen molar-refractivity contribution in [2.24, 2.45) is 4.99 Å². The van der Waals surface area contributed by atoms with E-state index in [1.807, 2.05) is 12.1 Å². The zero-order valence-electron chi connectivity index (χ0n) is 16.5. The number of hydrogen-bond donors (Lipinski definition) is 2. The van der Waals surface area contributed by atoms with Gasteiger partial charge in [0.25, 0.3) is 5.56 Å². The van der Waals surface area contributed by atoms with Crippen LogP contribution in [0.25, 0.3) is 0 Å². The number of hydrogen-bond acceptors (Lipinski definition) is 5. The van der Waals surface area contributed by atoms with Crippen molar-refractivity contribution in [3.63, 3.8) is 0 Å². The second kappa shape index (κ2) is 7.50. The van der Waals surface area contributed by atoms with E-state index in [9.17, 15) is 9.18 Å². The van der Waals surface area contributed by atoms with E-state index in [1.165, 1.54) is 28.3 Å². The molecule has 0 saturated heterocycles. The molecule has 3 aromatic rings. The van der Waals surface area contributed by atoms with Crippen LogP contribution in [0.3, 0.4) is 0 Å². The summed E-state index contributed by atoms with van der Waals surface area (Å²) >= 11 is 0. The molecule has 2 aromatic carbocycles. The maximum absolute atomic E-state index is 13.4. The lowest BCUT2D eigenvalue weighted by atomic mass is 10.0. The van der Waals surface area contributed by atoms with Crippen molar-refractivity contribution >= 4 is 17.6 Å². The van der Waals surface area contributed by atoms with Gasteiger partial charge in [-0.3, -0.25) is 14.7 Å². The van der Waals surface area contributed by atoms with Crippen molar-refractivity contribution in [3.8, 4) is 0 Å². The normalized spacial score (nSPS) is 15.5. The molecule has 2 heterocycles. The highest BCUT2D eigenvalue weighted by Gasteiger charge is 2.25. The molecule has 1 atom stereocenters. The van der Waals surface area contributed by atoms with Crippen LogP contribution in [0, 0.1) is 12.7 Å². The fourth-order valence-corrected chi connectivity index (χ4v) is 3.26. The molecule has 1 aromatic heterocycles. The van der Waals surface area contributed by atoms with Crippen molar-refractivity contribution in [2.75, 3.05) is 10.6 Å². The fraction of sp³-hybridized carbons (Fsp3) is 0.227. The topological polar surface area (TPSA) is 71.3 Å². The van der Waals surface area contributed by atoms with Gasteiger partial charge in [0.2, 0.25) is 11.9 Å². The molecule has 4 rings (SSSR count). The molecular weight excluding hydrogens is 369 g/mol. The zero-order chi connectivity index (χ0) is 20.5. The van der Waals surface area contributed by atoms with Crippen LogP contribution in [-0.4, -0.2) is 15.5 Å². The quantitative estimate of drug-likeness (QED) is 0.700. The summed E-state index contributed by atoms with van der Waals surface area (Å²) in [7, 11) is 0. The second-order valence-corrected chi connectivity index (χ2v) is 7.36. The van der Waals surface area contributed by atoms with Gasteiger partial charge in [-0.25, -0.2) is 14.4 Å². The van der Waals surface area contributed by atoms with Crippen LogP contribution in [0.1, 0.15) is 42.8 Å². The van der Waals surface area contributed by atoms with Gasteiger partial charge < -0.3 is 5.32 Å². The van der Waals surface area contributed by atoms with Gasteiger partial charge >= 0.3 is 0 Å². The van der Waals surface area contributed by atoms with Gasteiger partial charge in [-0.15, -0.1) is 0 Å². The first-order chi connectivity index (χ1) is 13.9. The average molecular weight is 391 g/mol. The standard InChI is InChI=1S/C22H22FN5O/c1-13(2)15-6-10-18(11-7-15)25-21-26-20(16-4-8-17(23)9-5-16)28-19(29)12-14(3)24-22(28)27-21/h4-13,20H,1-3H3,(H2,24,25,26,27)/t20-/m0/s1. The van der Waals surface area contributed by atoms with Crippen LogP contribution >= 0.6 is 0 Å². The Morgan fingerprint density at radius 3 is 2.45 bits per heavy atom. The minimum atomic E-state index is -0.648. The highest BCUT2D eigenvalue weighted by atomic mass is 19.1. The number of fused-ring (bicyclic) bond motifs is 1. The Morgan fingerprint density at radius 2 is 1.79 bits per heavy atom. The summed E-state index contributed by atoms with van der Waals surface area (Å²) in [4.78, 5) is 21.7. The molecule has 7 heteroatoms. The van der Waals surface area contributed by atoms with E-state index in [-0.39, 0.29) is 11.4 Å². The van der Waals surface area contributed by atoms with Crippen LogP contribution < -0.4 is 16.2 Å². The summed E-state index contributed by atoms with van der Waals surface area (Å²) in [5, 5.41) is 6.34. The van der Waals surface area contributed by atoms with Gasteiger partial charge in [0.05, 0.1) is 0 Å². The van der Waals surface area contributed by atoms with Crippen LogP contribution in [0.5, 0.6) is 0 Å². The molecule has 2 N–H and O–H groups in total. The van der Waals surface area contributed by atoms with Crippen LogP contribution in [0.2, 0.25) is 0 Å². The van der Waals surface area contributed by atoms with E-state index in [2.05, 4.69) is 46.6 Å². The van der Waals surface area contributed by atoms with E-state index in [0.29, 0.717) is 29.1 Å². The first kappa shape index (κ1) is 18.9. The molecular formula is C22H22FN5O. The maximum atomic E-state index is 13.4. The Labute approximate surface area is 168 Å². The molecule has 0 saturated carbocycles. The van der Waals surface area contributed by atoms with Gasteiger partial charge in [0.15, 0.2) is 6.17 Å². The molecule has 0 fully saturated rings. The van der Waals surface area contributed by atoms with E-state index in [0.717, 1.165) is 5.69 Å². The lowest BCUT2D eigenvalue weighted by molar-refractivity contribution is 0.573. The number of aliphatic imine (C=N–C) groups is 1. The minimum absolute atomic E-state index is 0.224. The molecule has 29 heavy (non-hydrogen) atoms. The van der Waals surface area contributed by atoms with Crippen LogP contribution in [-0.2, 0) is 0 Å². The highest BCUT2D eigenvalue weighted by Crippen LogP contribution is 2.26. The molecule has 1 aliphatic heterocycles. The number of rotatable bonds is 3. The summed E-state index contributed by atoms with van der Waals surface area (Å²) in [5.41, 5.74) is 3.18. The largest absolute Gasteiger partial charge is 0.326 e. The zero-order valence-corrected chi connectivity index (χ0v) is 16.5. The fourth-order valence-electron chi connectivity index (χ4n) is 3.26. The third kappa shape index (κ3) is 3.89. The predicted octanol–water partition coefficient (Wildman–Crippen LogP) is 4.25. The number of nitrogens with one attached hydrogen (secondary N) is 2. The minimum Gasteiger partial charge on any atom is -0.326 e. The van der Waals surface area contributed by atoms with Crippen molar-refractivity contribution in [3.05, 3.63) is 87.6 Å². The Balaban J connectivity index is 1.73. The SMILES string of the molecule is Cc1cc(=O)n2c(n1)NC(Nc1ccc(C(C)C)cc1)=N[C@@H]2c1ccc(F)cc1. The lowest BCUT2D eigenvalue weighted by Crippen LogP contribution is -2.37. The van der Waals surface area contributed by atoms with E-state index in [4.69, 9.17) is 0 Å². The molecule has 0 radical (unpaired) electrons. The van der Waals surface area contributed by atoms with Gasteiger partial charge in [0.1, 0.15) is 5.82 Å². The monoisotopic (exact) mass is 391 g/mol. The van der Waals surface area contributed by atoms with Gasteiger partial charge in [-0.05, 0) is 48.2 Å². The first-order valence-electron chi connectivity index (χ1n) is 9.48. The number of guanidine groups is 1. The van der Waals surface area contributed by atoms with Gasteiger partial charge in [-0.2, -0.15) is 0 Å². The Bertz CT molecular complexity index is 1120. The van der Waals surface area contributed by atoms with E-state index < -0.39 is 6.17 Å². The molecule has 0 amide bonds. The Kier molecular flexibility index (Phi) is 4.88. The van der Waals surface area contributed by atoms with E-state index >= 15 is 0 Å². The van der Waals surface area contributed by atoms with Crippen molar-refractivity contribution in [2.45, 2.75) is 32.9 Å². The molecule has 0 unspecified atom stereocenters. The van der Waals surface area contributed by atoms with Gasteiger partial charge in [0, 0.05) is 17.4 Å². The molecule has 1 aliphatic rings. The Morgan fingerprint density at radius 1 is 1.10 bits per heavy atom. The number of benzene rings is 2. The Hall–Kier alpha value is -3.48. The second-order valence-electron chi connectivity index (χ2n) is 7.36. The smallest absolute Gasteiger partial charge is 0.257 e. The number of halogens is 1. The van der Waals surface area contributed by atoms with Crippen LogP contribution in [0.4, 0.5) is 16.0 Å². The number of aromatic nitrogens is 2. The first-order valence-corrected chi connectivity index (χ1v) is 9.48. The van der Waals surface area contributed by atoms with Crippen molar-refractivity contribution < 1.29 is 4.39 Å². The van der Waals surface area contributed by atoms with E-state index in [1.54, 1.807) is 19.1 Å². The third-order valence-corrected chi connectivity index (χ3v) is 4.81. The summed E-state index contributed by atoms with van der Waals surface area (Å²) < 4.78 is 14.9. The summed E-state index contributed by atoms with van der Waals surface area (Å²) in [6.07, 6.45) is -0.648. The van der Waals surface area contributed by atoms with Crippen LogP contribution in [0.15, 0.2) is 64.4 Å². The summed E-state index contributed by atoms with van der Waals surface area (Å²) in [5.74, 6) is 0.961. The average Bonchev–Trinajstić information content (AvgIpc) is 2.68. The molecule has 0 aliphatic carbocycles. The number of anilines is 2. The molecule has 0 spiro atoms. The molecule has 148 valence electrons. The maximum Gasteiger partial charge on any atom is 0.257 e. The van der Waals surface area contributed by atoms with Crippen molar-refractivity contribution in [1.82, 2.24) is 9.55 Å². The number of nitrogens with zero attached hydrogens (tertiary/aromatic N) is 3. The molecule has 0 bridgehead atoms. The third-order valence-electron chi connectivity index (χ3n) is 4.81. The predicted molar refractivity (Wildman–Crippen MR) is 113 cm³/mol.